The summed E-state index contributed by atoms with van der Waals surface area (Å²) in [4.78, 5) is 0. The number of aliphatic hydroxyl groups excluding tert-OH is 1. The lowest BCUT2D eigenvalue weighted by Gasteiger charge is -2.18. The van der Waals surface area contributed by atoms with Gasteiger partial charge in [-0.15, -0.1) is 0 Å². The van der Waals surface area contributed by atoms with E-state index in [4.69, 9.17) is 14.2 Å². The smallest absolute Gasteiger partial charge is 0.120 e. The molecule has 212 valence electrons. The van der Waals surface area contributed by atoms with E-state index in [9.17, 15) is 5.11 Å². The standard InChI is InChI=1S/C38H36O4/c39-24-23-37(32-15-8-3-9-16-32)38(34-17-10-18-36(27-34)42-29-31-13-6-2-7-14-31)33-19-21-35(22-20-33)41-26-25-40-28-30-11-4-1-5-12-30/h1-22,27,39H,23-26,28-29H2. The zero-order chi connectivity index (χ0) is 28.8. The highest BCUT2D eigenvalue weighted by Crippen LogP contribution is 2.36. The van der Waals surface area contributed by atoms with Gasteiger partial charge in [0.2, 0.25) is 0 Å². The van der Waals surface area contributed by atoms with Crippen LogP contribution in [-0.4, -0.2) is 24.9 Å². The van der Waals surface area contributed by atoms with Crippen LogP contribution in [0.5, 0.6) is 11.5 Å². The molecule has 0 fully saturated rings. The van der Waals surface area contributed by atoms with Gasteiger partial charge < -0.3 is 19.3 Å². The molecule has 1 N–H and O–H groups in total. The molecule has 0 heterocycles. The maximum atomic E-state index is 10.1. The van der Waals surface area contributed by atoms with E-state index in [-0.39, 0.29) is 6.61 Å². The van der Waals surface area contributed by atoms with Crippen molar-refractivity contribution in [2.24, 2.45) is 0 Å². The van der Waals surface area contributed by atoms with Crippen LogP contribution in [0.2, 0.25) is 0 Å². The lowest BCUT2D eigenvalue weighted by molar-refractivity contribution is 0.0889. The highest BCUT2D eigenvalue weighted by molar-refractivity contribution is 5.98. The molecular weight excluding hydrogens is 520 g/mol. The molecule has 0 aliphatic carbocycles. The van der Waals surface area contributed by atoms with Crippen LogP contribution in [0.15, 0.2) is 140 Å². The van der Waals surface area contributed by atoms with Crippen molar-refractivity contribution in [3.63, 3.8) is 0 Å². The van der Waals surface area contributed by atoms with Gasteiger partial charge in [-0.3, -0.25) is 0 Å². The minimum atomic E-state index is 0.0438. The molecule has 0 saturated carbocycles. The molecule has 0 aliphatic rings. The Labute approximate surface area is 248 Å². The summed E-state index contributed by atoms with van der Waals surface area (Å²) in [6.07, 6.45) is 0.519. The predicted molar refractivity (Wildman–Crippen MR) is 169 cm³/mol. The van der Waals surface area contributed by atoms with Crippen LogP contribution < -0.4 is 9.47 Å². The van der Waals surface area contributed by atoms with Crippen molar-refractivity contribution in [2.75, 3.05) is 19.8 Å². The monoisotopic (exact) mass is 556 g/mol. The Morgan fingerprint density at radius 1 is 0.500 bits per heavy atom. The minimum Gasteiger partial charge on any atom is -0.491 e. The maximum Gasteiger partial charge on any atom is 0.120 e. The Morgan fingerprint density at radius 3 is 1.79 bits per heavy atom. The zero-order valence-corrected chi connectivity index (χ0v) is 23.7. The number of benzene rings is 5. The Bertz CT molecular complexity index is 1530. The van der Waals surface area contributed by atoms with Gasteiger partial charge in [-0.25, -0.2) is 0 Å². The molecule has 5 rings (SSSR count). The Hall–Kier alpha value is -4.64. The molecule has 0 aromatic heterocycles. The van der Waals surface area contributed by atoms with Gasteiger partial charge in [-0.1, -0.05) is 115 Å². The fourth-order valence-corrected chi connectivity index (χ4v) is 4.86. The molecule has 4 nitrogen and oxygen atoms in total. The molecule has 0 saturated heterocycles. The van der Waals surface area contributed by atoms with Crippen molar-refractivity contribution in [2.45, 2.75) is 19.6 Å². The average molecular weight is 557 g/mol. The van der Waals surface area contributed by atoms with E-state index in [1.165, 1.54) is 0 Å². The van der Waals surface area contributed by atoms with Gasteiger partial charge in [-0.2, -0.15) is 0 Å². The zero-order valence-electron chi connectivity index (χ0n) is 23.7. The second kappa shape index (κ2) is 15.4. The molecule has 5 aromatic rings. The van der Waals surface area contributed by atoms with Crippen molar-refractivity contribution < 1.29 is 19.3 Å². The second-order valence-electron chi connectivity index (χ2n) is 9.91. The molecule has 0 aliphatic heterocycles. The van der Waals surface area contributed by atoms with E-state index in [1.54, 1.807) is 0 Å². The van der Waals surface area contributed by atoms with E-state index in [0.717, 1.165) is 50.5 Å². The summed E-state index contributed by atoms with van der Waals surface area (Å²) in [6, 6.07) is 46.8. The average Bonchev–Trinajstić information content (AvgIpc) is 3.06. The first-order chi connectivity index (χ1) is 20.8. The van der Waals surface area contributed by atoms with E-state index in [1.807, 2.05) is 78.9 Å². The summed E-state index contributed by atoms with van der Waals surface area (Å²) >= 11 is 0. The van der Waals surface area contributed by atoms with Gasteiger partial charge in [0.1, 0.15) is 24.7 Å². The van der Waals surface area contributed by atoms with Crippen molar-refractivity contribution in [1.29, 1.82) is 0 Å². The first-order valence-corrected chi connectivity index (χ1v) is 14.3. The SMILES string of the molecule is OCCC(=C(c1ccc(OCCOCc2ccccc2)cc1)c1cccc(OCc2ccccc2)c1)c1ccccc1. The van der Waals surface area contributed by atoms with Crippen LogP contribution >= 0.6 is 0 Å². The molecule has 0 unspecified atom stereocenters. The van der Waals surface area contributed by atoms with E-state index in [0.29, 0.717) is 32.8 Å². The van der Waals surface area contributed by atoms with Crippen molar-refractivity contribution in [3.8, 4) is 11.5 Å². The molecule has 0 spiro atoms. The number of hydrogen-bond donors (Lipinski definition) is 1. The Morgan fingerprint density at radius 2 is 1.12 bits per heavy atom. The lowest BCUT2D eigenvalue weighted by atomic mass is 9.88. The molecule has 4 heteroatoms. The molecule has 42 heavy (non-hydrogen) atoms. The third-order valence-electron chi connectivity index (χ3n) is 6.91. The van der Waals surface area contributed by atoms with E-state index >= 15 is 0 Å². The third-order valence-corrected chi connectivity index (χ3v) is 6.91. The highest BCUT2D eigenvalue weighted by Gasteiger charge is 2.15. The molecule has 0 atom stereocenters. The largest absolute Gasteiger partial charge is 0.491 e. The van der Waals surface area contributed by atoms with Gasteiger partial charge in [0.25, 0.3) is 0 Å². The minimum absolute atomic E-state index is 0.0438. The van der Waals surface area contributed by atoms with E-state index < -0.39 is 0 Å². The normalized spacial score (nSPS) is 11.5. The topological polar surface area (TPSA) is 47.9 Å². The third kappa shape index (κ3) is 8.20. The number of rotatable bonds is 14. The fraction of sp³-hybridized carbons (Fsp3) is 0.158. The maximum absolute atomic E-state index is 10.1. The summed E-state index contributed by atoms with van der Waals surface area (Å²) in [5, 5.41) is 10.1. The van der Waals surface area contributed by atoms with Gasteiger partial charge in [-0.05, 0) is 69.6 Å². The summed E-state index contributed by atoms with van der Waals surface area (Å²) in [5.74, 6) is 1.57. The lowest BCUT2D eigenvalue weighted by Crippen LogP contribution is -2.06. The van der Waals surface area contributed by atoms with Crippen LogP contribution in [-0.2, 0) is 18.0 Å². The number of ether oxygens (including phenoxy) is 3. The first-order valence-electron chi connectivity index (χ1n) is 14.3. The number of hydrogen-bond acceptors (Lipinski definition) is 4. The quantitative estimate of drug-likeness (QED) is 0.111. The molecule has 5 aromatic carbocycles. The molecule has 0 radical (unpaired) electrons. The van der Waals surface area contributed by atoms with Gasteiger partial charge in [0.05, 0.1) is 13.2 Å². The molecular formula is C38H36O4. The highest BCUT2D eigenvalue weighted by atomic mass is 16.5. The Kier molecular flexibility index (Phi) is 10.6. The number of aliphatic hydroxyl groups is 1. The van der Waals surface area contributed by atoms with Crippen LogP contribution in [0.4, 0.5) is 0 Å². The van der Waals surface area contributed by atoms with Crippen molar-refractivity contribution in [1.82, 2.24) is 0 Å². The summed E-state index contributed by atoms with van der Waals surface area (Å²) in [5.41, 5.74) is 7.52. The molecule has 0 bridgehead atoms. The van der Waals surface area contributed by atoms with E-state index in [2.05, 4.69) is 60.7 Å². The Balaban J connectivity index is 1.36. The summed E-state index contributed by atoms with van der Waals surface area (Å²) in [6.45, 7) is 2.08. The van der Waals surface area contributed by atoms with Crippen molar-refractivity contribution in [3.05, 3.63) is 167 Å². The van der Waals surface area contributed by atoms with Crippen LogP contribution in [0, 0.1) is 0 Å². The van der Waals surface area contributed by atoms with Gasteiger partial charge in [0.15, 0.2) is 0 Å². The van der Waals surface area contributed by atoms with Gasteiger partial charge in [0, 0.05) is 6.61 Å². The van der Waals surface area contributed by atoms with Crippen LogP contribution in [0.3, 0.4) is 0 Å². The summed E-state index contributed by atoms with van der Waals surface area (Å²) < 4.78 is 17.9. The van der Waals surface area contributed by atoms with Gasteiger partial charge >= 0.3 is 0 Å². The van der Waals surface area contributed by atoms with Crippen LogP contribution in [0.25, 0.3) is 11.1 Å². The fourth-order valence-electron chi connectivity index (χ4n) is 4.86. The second-order valence-corrected chi connectivity index (χ2v) is 9.91. The predicted octanol–water partition coefficient (Wildman–Crippen LogP) is 8.20. The van der Waals surface area contributed by atoms with Crippen molar-refractivity contribution >= 4 is 11.1 Å². The van der Waals surface area contributed by atoms with Crippen LogP contribution in [0.1, 0.15) is 34.2 Å². The first kappa shape index (κ1) is 28.9. The summed E-state index contributed by atoms with van der Waals surface area (Å²) in [7, 11) is 0. The molecule has 0 amide bonds.